The van der Waals surface area contributed by atoms with E-state index in [1.807, 2.05) is 22.6 Å². The smallest absolute Gasteiger partial charge is 0.157 e. The van der Waals surface area contributed by atoms with Crippen molar-refractivity contribution in [2.75, 3.05) is 0 Å². The van der Waals surface area contributed by atoms with Crippen LogP contribution in [0.25, 0.3) is 0 Å². The van der Waals surface area contributed by atoms with E-state index < -0.39 is 0 Å². The second-order valence-electron chi connectivity index (χ2n) is 1.31. The minimum atomic E-state index is 0.619. The van der Waals surface area contributed by atoms with Crippen LogP contribution in [0.15, 0.2) is 15.6 Å². The number of rotatable bonds is 0. The molecule has 0 aliphatic carbocycles. The molecule has 1 nitrogen and oxygen atoms in total. The van der Waals surface area contributed by atoms with Gasteiger partial charge in [0.05, 0.1) is 0 Å². The zero-order valence-corrected chi connectivity index (χ0v) is 6.94. The van der Waals surface area contributed by atoms with Crippen molar-refractivity contribution in [2.45, 2.75) is 4.90 Å². The Hall–Kier alpha value is 0.425. The van der Waals surface area contributed by atoms with E-state index in [0.717, 1.165) is 0 Å². The highest BCUT2D eigenvalue weighted by Crippen LogP contribution is 2.08. The number of thiol groups is 1. The quantitative estimate of drug-likeness (QED) is 0.402. The maximum atomic E-state index is 5.42. The maximum absolute atomic E-state index is 5.42. The van der Waals surface area contributed by atoms with Gasteiger partial charge in [-0.25, -0.2) is 0 Å². The Bertz CT molecular complexity index is 178. The predicted molar refractivity (Wildman–Crippen MR) is 44.1 cm³/mol. The van der Waals surface area contributed by atoms with Crippen LogP contribution >= 0.6 is 35.2 Å². The molecule has 0 aliphatic heterocycles. The first-order valence-electron chi connectivity index (χ1n) is 1.93. The van der Waals surface area contributed by atoms with Crippen LogP contribution < -0.4 is 5.46 Å². The van der Waals surface area contributed by atoms with Gasteiger partial charge in [0.15, 0.2) is 3.77 Å². The van der Waals surface area contributed by atoms with Gasteiger partial charge in [0.2, 0.25) is 0 Å². The SMILES string of the molecule is [B]c1c(S)coc1I. The highest BCUT2D eigenvalue weighted by atomic mass is 127. The second-order valence-corrected chi connectivity index (χ2v) is 2.77. The van der Waals surface area contributed by atoms with Crippen molar-refractivity contribution >= 4 is 48.5 Å². The topological polar surface area (TPSA) is 13.1 Å². The lowest BCUT2D eigenvalue weighted by Crippen LogP contribution is -2.02. The van der Waals surface area contributed by atoms with Gasteiger partial charge in [0.1, 0.15) is 14.1 Å². The molecule has 1 aromatic rings. The monoisotopic (exact) mass is 236 g/mol. The van der Waals surface area contributed by atoms with Crippen molar-refractivity contribution in [3.8, 4) is 0 Å². The van der Waals surface area contributed by atoms with Crippen molar-refractivity contribution in [3.63, 3.8) is 0 Å². The molecule has 1 aromatic heterocycles. The fraction of sp³-hybridized carbons (Fsp3) is 0. The number of furan rings is 1. The summed E-state index contributed by atoms with van der Waals surface area (Å²) < 4.78 is 5.58. The maximum Gasteiger partial charge on any atom is 0.157 e. The molecule has 0 saturated carbocycles. The van der Waals surface area contributed by atoms with Crippen LogP contribution in [-0.4, -0.2) is 7.85 Å². The van der Waals surface area contributed by atoms with Crippen molar-refractivity contribution in [1.29, 1.82) is 0 Å². The van der Waals surface area contributed by atoms with Crippen molar-refractivity contribution in [1.82, 2.24) is 0 Å². The molecule has 0 atom stereocenters. The molecule has 0 aromatic carbocycles. The average molecular weight is 236 g/mol. The van der Waals surface area contributed by atoms with E-state index in [1.54, 1.807) is 0 Å². The number of hydrogen-bond donors (Lipinski definition) is 1. The molecule has 1 heterocycles. The highest BCUT2D eigenvalue weighted by Gasteiger charge is 1.99. The number of halogens is 1. The summed E-state index contributed by atoms with van der Waals surface area (Å²) >= 11 is 6.00. The summed E-state index contributed by atoms with van der Waals surface area (Å²) in [6.45, 7) is 0. The van der Waals surface area contributed by atoms with E-state index in [4.69, 9.17) is 12.3 Å². The van der Waals surface area contributed by atoms with Gasteiger partial charge in [0, 0.05) is 4.90 Å². The van der Waals surface area contributed by atoms with Crippen LogP contribution in [-0.2, 0) is 0 Å². The van der Waals surface area contributed by atoms with Gasteiger partial charge in [-0.1, -0.05) is 0 Å². The minimum absolute atomic E-state index is 0.619. The first kappa shape index (κ1) is 6.54. The molecule has 8 heavy (non-hydrogen) atoms. The largest absolute Gasteiger partial charge is 0.458 e. The van der Waals surface area contributed by atoms with Crippen LogP contribution in [0.3, 0.4) is 0 Å². The number of hydrogen-bond acceptors (Lipinski definition) is 2. The zero-order chi connectivity index (χ0) is 6.15. The Balaban J connectivity index is 3.19. The summed E-state index contributed by atoms with van der Waals surface area (Å²) in [6.07, 6.45) is 1.51. The predicted octanol–water partition coefficient (Wildman–Crippen LogP) is 0.967. The van der Waals surface area contributed by atoms with E-state index in [0.29, 0.717) is 14.1 Å². The van der Waals surface area contributed by atoms with Crippen LogP contribution in [0.2, 0.25) is 0 Å². The van der Waals surface area contributed by atoms with Crippen LogP contribution in [0.4, 0.5) is 0 Å². The lowest BCUT2D eigenvalue weighted by atomic mass is 10.0. The van der Waals surface area contributed by atoms with Gasteiger partial charge in [0.25, 0.3) is 0 Å². The molecule has 0 fully saturated rings. The molecule has 0 bridgehead atoms. The van der Waals surface area contributed by atoms with Crippen molar-refractivity contribution in [3.05, 3.63) is 10.0 Å². The van der Waals surface area contributed by atoms with Gasteiger partial charge >= 0.3 is 0 Å². The lowest BCUT2D eigenvalue weighted by molar-refractivity contribution is 0.535. The Morgan fingerprint density at radius 3 is 2.50 bits per heavy atom. The summed E-state index contributed by atoms with van der Waals surface area (Å²) in [5.74, 6) is 0. The second kappa shape index (κ2) is 2.35. The van der Waals surface area contributed by atoms with Gasteiger partial charge in [-0.3, -0.25) is 0 Å². The molecular weight excluding hydrogens is 234 g/mol. The molecule has 0 unspecified atom stereocenters. The first-order valence-corrected chi connectivity index (χ1v) is 3.46. The molecule has 0 aliphatic rings. The molecule has 0 amide bonds. The lowest BCUT2D eigenvalue weighted by Gasteiger charge is -1.81. The van der Waals surface area contributed by atoms with Gasteiger partial charge in [-0.05, 0) is 28.1 Å². The van der Waals surface area contributed by atoms with E-state index in [2.05, 4.69) is 12.6 Å². The third-order valence-corrected chi connectivity index (χ3v) is 1.94. The normalized spacial score (nSPS) is 9.75. The summed E-state index contributed by atoms with van der Waals surface area (Å²) in [5.41, 5.74) is 0.619. The third-order valence-electron chi connectivity index (χ3n) is 0.762. The van der Waals surface area contributed by atoms with Gasteiger partial charge in [-0.2, -0.15) is 0 Å². The van der Waals surface area contributed by atoms with E-state index >= 15 is 0 Å². The molecule has 1 rings (SSSR count). The molecule has 40 valence electrons. The van der Waals surface area contributed by atoms with Crippen molar-refractivity contribution < 1.29 is 4.42 Å². The summed E-state index contributed by atoms with van der Waals surface area (Å²) in [6, 6.07) is 0. The van der Waals surface area contributed by atoms with Crippen LogP contribution in [0.1, 0.15) is 0 Å². The van der Waals surface area contributed by atoms with Crippen LogP contribution in [0, 0.1) is 3.77 Å². The van der Waals surface area contributed by atoms with Crippen LogP contribution in [0.5, 0.6) is 0 Å². The molecular formula is C4H2BIOS. The van der Waals surface area contributed by atoms with Crippen molar-refractivity contribution in [2.24, 2.45) is 0 Å². The average Bonchev–Trinajstić information content (AvgIpc) is 1.98. The van der Waals surface area contributed by atoms with Gasteiger partial charge in [-0.15, -0.1) is 12.6 Å². The Kier molecular flexibility index (Phi) is 1.92. The Morgan fingerprint density at radius 1 is 1.75 bits per heavy atom. The molecule has 0 N–H and O–H groups in total. The third kappa shape index (κ3) is 1.05. The summed E-state index contributed by atoms with van der Waals surface area (Å²) in [5, 5.41) is 0. The summed E-state index contributed by atoms with van der Waals surface area (Å²) in [7, 11) is 5.42. The molecule has 4 heteroatoms. The fourth-order valence-electron chi connectivity index (χ4n) is 0.335. The van der Waals surface area contributed by atoms with Gasteiger partial charge < -0.3 is 4.42 Å². The standard InChI is InChI=1S/C4H2BIOS/c5-3-2(8)1-7-4(3)6/h1,8H. The zero-order valence-electron chi connectivity index (χ0n) is 3.89. The Morgan fingerprint density at radius 2 is 2.38 bits per heavy atom. The molecule has 0 spiro atoms. The van der Waals surface area contributed by atoms with E-state index in [-0.39, 0.29) is 0 Å². The minimum Gasteiger partial charge on any atom is -0.458 e. The Labute approximate surface area is 67.8 Å². The molecule has 2 radical (unpaired) electrons. The fourth-order valence-corrected chi connectivity index (χ4v) is 1.12. The highest BCUT2D eigenvalue weighted by molar-refractivity contribution is 14.1. The molecule has 0 saturated heterocycles. The van der Waals surface area contributed by atoms with E-state index in [9.17, 15) is 0 Å². The first-order chi connectivity index (χ1) is 3.72. The summed E-state index contributed by atoms with van der Waals surface area (Å²) in [4.78, 5) is 0.703. The van der Waals surface area contributed by atoms with E-state index in [1.165, 1.54) is 6.26 Å².